The number of allylic oxidation sites excluding steroid dienone is 8. The average molecular weight is 1140 g/mol. The molecule has 6 heteroatoms. The molecule has 474 valence electrons. The molecule has 0 aromatic heterocycles. The van der Waals surface area contributed by atoms with Crippen LogP contribution in [0.5, 0.6) is 0 Å². The van der Waals surface area contributed by atoms with Gasteiger partial charge in [0, 0.05) is 19.3 Å². The largest absolute Gasteiger partial charge is 0.462 e. The van der Waals surface area contributed by atoms with Gasteiger partial charge in [-0.25, -0.2) is 0 Å². The quantitative estimate of drug-likeness (QED) is 0.0261. The summed E-state index contributed by atoms with van der Waals surface area (Å²) in [4.78, 5) is 38.4. The lowest BCUT2D eigenvalue weighted by molar-refractivity contribution is -0.167. The van der Waals surface area contributed by atoms with Crippen LogP contribution in [0, 0.1) is 0 Å². The Balaban J connectivity index is 4.19. The second-order valence-electron chi connectivity index (χ2n) is 24.5. The minimum absolute atomic E-state index is 0.0691. The Labute approximate surface area is 505 Å². The second-order valence-corrected chi connectivity index (χ2v) is 24.5. The van der Waals surface area contributed by atoms with E-state index in [9.17, 15) is 14.4 Å². The van der Waals surface area contributed by atoms with E-state index in [0.717, 1.165) is 70.6 Å². The van der Waals surface area contributed by atoms with Crippen molar-refractivity contribution in [1.29, 1.82) is 0 Å². The highest BCUT2D eigenvalue weighted by molar-refractivity contribution is 5.71. The Bertz CT molecular complexity index is 1400. The summed E-state index contributed by atoms with van der Waals surface area (Å²) in [5.74, 6) is -0.846. The van der Waals surface area contributed by atoms with E-state index in [0.29, 0.717) is 19.3 Å². The Morgan fingerprint density at radius 3 is 0.704 bits per heavy atom. The van der Waals surface area contributed by atoms with E-state index in [-0.39, 0.29) is 31.1 Å². The molecule has 0 bridgehead atoms. The molecule has 1 unspecified atom stereocenters. The van der Waals surface area contributed by atoms with Crippen molar-refractivity contribution in [3.63, 3.8) is 0 Å². The predicted molar refractivity (Wildman–Crippen MR) is 353 cm³/mol. The van der Waals surface area contributed by atoms with Crippen molar-refractivity contribution >= 4 is 17.9 Å². The van der Waals surface area contributed by atoms with Crippen LogP contribution in [-0.4, -0.2) is 37.2 Å². The lowest BCUT2D eigenvalue weighted by atomic mass is 10.0. The van der Waals surface area contributed by atoms with Crippen LogP contribution in [0.15, 0.2) is 48.6 Å². The molecule has 0 N–H and O–H groups in total. The molecule has 0 spiro atoms. The highest BCUT2D eigenvalue weighted by atomic mass is 16.6. The van der Waals surface area contributed by atoms with Gasteiger partial charge in [-0.05, 0) is 83.5 Å². The minimum atomic E-state index is -0.773. The van der Waals surface area contributed by atoms with E-state index in [4.69, 9.17) is 14.2 Å². The van der Waals surface area contributed by atoms with Crippen LogP contribution >= 0.6 is 0 Å². The fraction of sp³-hybridized carbons (Fsp3) is 0.853. The van der Waals surface area contributed by atoms with Gasteiger partial charge in [0.25, 0.3) is 0 Å². The maximum Gasteiger partial charge on any atom is 0.306 e. The van der Waals surface area contributed by atoms with Gasteiger partial charge in [0.2, 0.25) is 0 Å². The normalized spacial score (nSPS) is 12.3. The molecule has 0 aliphatic carbocycles. The van der Waals surface area contributed by atoms with Gasteiger partial charge in [0.05, 0.1) is 0 Å². The maximum absolute atomic E-state index is 12.9. The van der Waals surface area contributed by atoms with Crippen molar-refractivity contribution in [1.82, 2.24) is 0 Å². The summed E-state index contributed by atoms with van der Waals surface area (Å²) in [5.41, 5.74) is 0. The topological polar surface area (TPSA) is 78.9 Å². The van der Waals surface area contributed by atoms with Crippen LogP contribution in [0.3, 0.4) is 0 Å². The Kier molecular flexibility index (Phi) is 67.6. The Hall–Kier alpha value is -2.63. The SMILES string of the molecule is CCCCCCC/C=C\C/C=C\C/C=C\CCCCCCCCCCCCCCCCCCC(=O)OCC(COC(=O)CCCCCCCCCCCCCCCCC)OC(=O)CCCCCCCCC/C=C\CCCCCCCC. The van der Waals surface area contributed by atoms with Crippen molar-refractivity contribution in [2.75, 3.05) is 13.2 Å². The molecule has 1 atom stereocenters. The molecule has 0 aromatic carbocycles. The van der Waals surface area contributed by atoms with Crippen LogP contribution in [0.1, 0.15) is 393 Å². The number of carbonyl (C=O) groups excluding carboxylic acids is 3. The summed E-state index contributed by atoms with van der Waals surface area (Å²) in [6.45, 7) is 6.69. The average Bonchev–Trinajstić information content (AvgIpc) is 3.47. The van der Waals surface area contributed by atoms with Gasteiger partial charge < -0.3 is 14.2 Å². The molecule has 0 radical (unpaired) electrons. The zero-order chi connectivity index (χ0) is 58.5. The molecule has 0 saturated heterocycles. The van der Waals surface area contributed by atoms with Gasteiger partial charge in [0.1, 0.15) is 13.2 Å². The lowest BCUT2D eigenvalue weighted by Crippen LogP contribution is -2.30. The predicted octanol–water partition coefficient (Wildman–Crippen LogP) is 24.9. The zero-order valence-corrected chi connectivity index (χ0v) is 54.6. The molecule has 0 rings (SSSR count). The van der Waals surface area contributed by atoms with Gasteiger partial charge >= 0.3 is 17.9 Å². The van der Waals surface area contributed by atoms with Crippen molar-refractivity contribution in [3.05, 3.63) is 48.6 Å². The molecule has 0 aliphatic rings. The second kappa shape index (κ2) is 69.9. The molecular formula is C75H138O6. The molecule has 0 saturated carbocycles. The third kappa shape index (κ3) is 68.0. The fourth-order valence-corrected chi connectivity index (χ4v) is 10.9. The zero-order valence-electron chi connectivity index (χ0n) is 54.6. The molecule has 81 heavy (non-hydrogen) atoms. The van der Waals surface area contributed by atoms with Crippen LogP contribution in [-0.2, 0) is 28.6 Å². The first-order valence-corrected chi connectivity index (χ1v) is 36.1. The first-order chi connectivity index (χ1) is 40.0. The molecule has 0 aromatic rings. The van der Waals surface area contributed by atoms with E-state index in [1.807, 2.05) is 0 Å². The first kappa shape index (κ1) is 78.4. The first-order valence-electron chi connectivity index (χ1n) is 36.1. The van der Waals surface area contributed by atoms with E-state index in [1.54, 1.807) is 0 Å². The summed E-state index contributed by atoms with van der Waals surface area (Å²) in [7, 11) is 0. The van der Waals surface area contributed by atoms with E-state index in [2.05, 4.69) is 69.4 Å². The van der Waals surface area contributed by atoms with E-state index >= 15 is 0 Å². The van der Waals surface area contributed by atoms with Gasteiger partial charge in [-0.2, -0.15) is 0 Å². The van der Waals surface area contributed by atoms with Gasteiger partial charge in [-0.1, -0.05) is 339 Å². The number of rotatable bonds is 67. The van der Waals surface area contributed by atoms with Crippen molar-refractivity contribution in [2.24, 2.45) is 0 Å². The number of hydrogen-bond donors (Lipinski definition) is 0. The van der Waals surface area contributed by atoms with Gasteiger partial charge in [-0.15, -0.1) is 0 Å². The number of esters is 3. The summed E-state index contributed by atoms with van der Waals surface area (Å²) in [5, 5.41) is 0. The van der Waals surface area contributed by atoms with Crippen molar-refractivity contribution < 1.29 is 28.6 Å². The molecule has 0 amide bonds. The molecule has 0 heterocycles. The van der Waals surface area contributed by atoms with Crippen LogP contribution in [0.2, 0.25) is 0 Å². The standard InChI is InChI=1S/C75H138O6/c1-4-7-10-13-16-19-22-25-28-30-31-32-33-34-35-36-37-38-39-40-41-42-43-45-47-50-53-56-59-62-65-68-74(77)80-71-72(70-79-73(76)67-64-61-58-55-52-49-46-27-24-21-18-15-12-9-6-3)81-75(78)69-66-63-60-57-54-51-48-44-29-26-23-20-17-14-11-8-5-2/h22,25-26,29-31,33-34,72H,4-21,23-24,27-28,32,35-71H2,1-3H3/b25-22-,29-26-,31-30-,34-33-. The highest BCUT2D eigenvalue weighted by Crippen LogP contribution is 2.18. The van der Waals surface area contributed by atoms with E-state index in [1.165, 1.54) is 283 Å². The van der Waals surface area contributed by atoms with Crippen molar-refractivity contribution in [3.8, 4) is 0 Å². The minimum Gasteiger partial charge on any atom is -0.462 e. The third-order valence-electron chi connectivity index (χ3n) is 16.3. The number of hydrogen-bond acceptors (Lipinski definition) is 6. The van der Waals surface area contributed by atoms with Crippen LogP contribution < -0.4 is 0 Å². The molecule has 0 aliphatic heterocycles. The van der Waals surface area contributed by atoms with Crippen LogP contribution in [0.25, 0.3) is 0 Å². The summed E-state index contributed by atoms with van der Waals surface area (Å²) >= 11 is 0. The number of ether oxygens (including phenoxy) is 3. The number of carbonyl (C=O) groups is 3. The van der Waals surface area contributed by atoms with E-state index < -0.39 is 6.10 Å². The highest BCUT2D eigenvalue weighted by Gasteiger charge is 2.19. The lowest BCUT2D eigenvalue weighted by Gasteiger charge is -2.18. The summed E-state index contributed by atoms with van der Waals surface area (Å²) < 4.78 is 17.0. The molecule has 6 nitrogen and oxygen atoms in total. The fourth-order valence-electron chi connectivity index (χ4n) is 10.9. The monoisotopic (exact) mass is 1140 g/mol. The summed E-state index contributed by atoms with van der Waals surface area (Å²) in [6.07, 6.45) is 88.6. The van der Waals surface area contributed by atoms with Gasteiger partial charge in [-0.3, -0.25) is 14.4 Å². The Morgan fingerprint density at radius 1 is 0.247 bits per heavy atom. The molecular weight excluding hydrogens is 997 g/mol. The van der Waals surface area contributed by atoms with Crippen molar-refractivity contribution in [2.45, 2.75) is 399 Å². The number of unbranched alkanes of at least 4 members (excludes halogenated alkanes) is 48. The van der Waals surface area contributed by atoms with Crippen LogP contribution in [0.4, 0.5) is 0 Å². The maximum atomic E-state index is 12.9. The Morgan fingerprint density at radius 2 is 0.444 bits per heavy atom. The van der Waals surface area contributed by atoms with Gasteiger partial charge in [0.15, 0.2) is 6.10 Å². The third-order valence-corrected chi connectivity index (χ3v) is 16.3. The summed E-state index contributed by atoms with van der Waals surface area (Å²) in [6, 6.07) is 0. The molecule has 0 fully saturated rings. The smallest absolute Gasteiger partial charge is 0.306 e.